The number of hydrogen-bond acceptors (Lipinski definition) is 5. The number of hydrogen-bond donors (Lipinski definition) is 1. The van der Waals surface area contributed by atoms with Crippen molar-refractivity contribution in [1.29, 1.82) is 0 Å². The van der Waals surface area contributed by atoms with Gasteiger partial charge in [0.25, 0.3) is 11.5 Å². The third-order valence-corrected chi connectivity index (χ3v) is 6.67. The SMILES string of the molecule is COC1CN(CCCOc2ccc(F)cc2)CCC1NC(=O)c1cc2ccccc2n(C(C)C)c1=O. The molecule has 1 aliphatic rings. The average Bonchev–Trinajstić information content (AvgIpc) is 2.87. The lowest BCUT2D eigenvalue weighted by Gasteiger charge is -2.38. The molecule has 1 aromatic heterocycles. The first kappa shape index (κ1) is 25.9. The second-order valence-corrected chi connectivity index (χ2v) is 9.49. The predicted molar refractivity (Wildman–Crippen MR) is 138 cm³/mol. The van der Waals surface area contributed by atoms with Gasteiger partial charge in [0.2, 0.25) is 0 Å². The Kier molecular flexibility index (Phi) is 8.38. The molecule has 2 aromatic carbocycles. The molecule has 1 aliphatic heterocycles. The summed E-state index contributed by atoms with van der Waals surface area (Å²) in [5.41, 5.74) is 0.687. The molecule has 192 valence electrons. The van der Waals surface area contributed by atoms with Gasteiger partial charge in [-0.15, -0.1) is 0 Å². The fourth-order valence-corrected chi connectivity index (χ4v) is 4.80. The smallest absolute Gasteiger partial charge is 0.264 e. The predicted octanol–water partition coefficient (Wildman–Crippen LogP) is 4.01. The monoisotopic (exact) mass is 495 g/mol. The second-order valence-electron chi connectivity index (χ2n) is 9.49. The maximum atomic E-state index is 13.2. The van der Waals surface area contributed by atoms with E-state index in [-0.39, 0.29) is 41.0 Å². The summed E-state index contributed by atoms with van der Waals surface area (Å²) in [5, 5.41) is 3.92. The molecule has 0 radical (unpaired) electrons. The molecule has 1 saturated heterocycles. The van der Waals surface area contributed by atoms with Crippen molar-refractivity contribution >= 4 is 16.8 Å². The molecule has 0 saturated carbocycles. The largest absolute Gasteiger partial charge is 0.494 e. The van der Waals surface area contributed by atoms with Gasteiger partial charge in [-0.1, -0.05) is 18.2 Å². The normalized spacial score (nSPS) is 18.5. The number of benzene rings is 2. The zero-order valence-electron chi connectivity index (χ0n) is 21.1. The zero-order chi connectivity index (χ0) is 25.7. The maximum Gasteiger partial charge on any atom is 0.264 e. The Balaban J connectivity index is 1.35. The number of rotatable bonds is 9. The number of ether oxygens (including phenoxy) is 2. The highest BCUT2D eigenvalue weighted by atomic mass is 19.1. The Labute approximate surface area is 210 Å². The zero-order valence-corrected chi connectivity index (χ0v) is 21.1. The minimum Gasteiger partial charge on any atom is -0.494 e. The first-order valence-electron chi connectivity index (χ1n) is 12.5. The van der Waals surface area contributed by atoms with E-state index < -0.39 is 0 Å². The summed E-state index contributed by atoms with van der Waals surface area (Å²) in [4.78, 5) is 28.7. The van der Waals surface area contributed by atoms with Gasteiger partial charge in [-0.25, -0.2) is 4.39 Å². The van der Waals surface area contributed by atoms with Crippen LogP contribution < -0.4 is 15.6 Å². The van der Waals surface area contributed by atoms with Gasteiger partial charge in [-0.2, -0.15) is 0 Å². The van der Waals surface area contributed by atoms with E-state index in [1.165, 1.54) is 12.1 Å². The number of aromatic nitrogens is 1. The van der Waals surface area contributed by atoms with Crippen LogP contribution in [0.25, 0.3) is 10.9 Å². The Morgan fingerprint density at radius 2 is 1.92 bits per heavy atom. The molecular weight excluding hydrogens is 461 g/mol. The number of nitrogens with zero attached hydrogens (tertiary/aromatic N) is 2. The summed E-state index contributed by atoms with van der Waals surface area (Å²) in [5.74, 6) is 0.000266. The molecule has 3 aromatic rings. The highest BCUT2D eigenvalue weighted by Gasteiger charge is 2.31. The van der Waals surface area contributed by atoms with E-state index in [4.69, 9.17) is 9.47 Å². The lowest BCUT2D eigenvalue weighted by Crippen LogP contribution is -2.55. The van der Waals surface area contributed by atoms with Crippen LogP contribution in [-0.4, -0.2) is 60.9 Å². The minimum absolute atomic E-state index is 0.0721. The lowest BCUT2D eigenvalue weighted by molar-refractivity contribution is 0.00528. The quantitative estimate of drug-likeness (QED) is 0.454. The Morgan fingerprint density at radius 1 is 1.17 bits per heavy atom. The maximum absolute atomic E-state index is 13.2. The van der Waals surface area contributed by atoms with E-state index in [9.17, 15) is 14.0 Å². The number of carbonyl (C=O) groups excluding carboxylic acids is 1. The van der Waals surface area contributed by atoms with E-state index in [0.29, 0.717) is 18.9 Å². The topological polar surface area (TPSA) is 72.8 Å². The Hall–Kier alpha value is -3.23. The Morgan fingerprint density at radius 3 is 2.64 bits per heavy atom. The summed E-state index contributed by atoms with van der Waals surface area (Å²) in [6.07, 6.45) is 1.35. The van der Waals surface area contributed by atoms with E-state index in [1.807, 2.05) is 38.1 Å². The molecule has 1 N–H and O–H groups in total. The summed E-state index contributed by atoms with van der Waals surface area (Å²) >= 11 is 0. The van der Waals surface area contributed by atoms with E-state index in [0.717, 1.165) is 36.8 Å². The van der Waals surface area contributed by atoms with Crippen LogP contribution in [0.1, 0.15) is 43.1 Å². The first-order chi connectivity index (χ1) is 17.4. The number of methoxy groups -OCH3 is 1. The number of halogens is 1. The lowest BCUT2D eigenvalue weighted by atomic mass is 10.0. The van der Waals surface area contributed by atoms with Crippen LogP contribution in [0.4, 0.5) is 4.39 Å². The third-order valence-electron chi connectivity index (χ3n) is 6.67. The van der Waals surface area contributed by atoms with Crippen molar-refractivity contribution in [3.63, 3.8) is 0 Å². The van der Waals surface area contributed by atoms with Gasteiger partial charge in [0.05, 0.1) is 24.3 Å². The van der Waals surface area contributed by atoms with Crippen molar-refractivity contribution in [3.05, 3.63) is 76.3 Å². The van der Waals surface area contributed by atoms with Crippen molar-refractivity contribution in [2.75, 3.05) is 33.4 Å². The van der Waals surface area contributed by atoms with Gasteiger partial charge < -0.3 is 24.3 Å². The summed E-state index contributed by atoms with van der Waals surface area (Å²) in [6.45, 7) is 6.71. The summed E-state index contributed by atoms with van der Waals surface area (Å²) in [7, 11) is 1.65. The van der Waals surface area contributed by atoms with Crippen LogP contribution >= 0.6 is 0 Å². The molecule has 0 bridgehead atoms. The van der Waals surface area contributed by atoms with Gasteiger partial charge in [0.1, 0.15) is 17.1 Å². The van der Waals surface area contributed by atoms with Gasteiger partial charge in [-0.05, 0) is 68.5 Å². The molecule has 7 nitrogen and oxygen atoms in total. The first-order valence-corrected chi connectivity index (χ1v) is 12.5. The fourth-order valence-electron chi connectivity index (χ4n) is 4.80. The van der Waals surface area contributed by atoms with Crippen molar-refractivity contribution in [2.24, 2.45) is 0 Å². The number of pyridine rings is 1. The number of likely N-dealkylation sites (tertiary alicyclic amines) is 1. The van der Waals surface area contributed by atoms with Crippen molar-refractivity contribution in [1.82, 2.24) is 14.8 Å². The van der Waals surface area contributed by atoms with Gasteiger partial charge in [0, 0.05) is 32.8 Å². The molecule has 0 aliphatic carbocycles. The number of fused-ring (bicyclic) bond motifs is 1. The molecule has 0 spiro atoms. The molecule has 2 unspecified atom stereocenters. The minimum atomic E-state index is -0.367. The number of amides is 1. The Bertz CT molecular complexity index is 1240. The average molecular weight is 496 g/mol. The number of carbonyl (C=O) groups is 1. The molecule has 1 amide bonds. The van der Waals surface area contributed by atoms with Crippen LogP contribution in [-0.2, 0) is 4.74 Å². The van der Waals surface area contributed by atoms with Gasteiger partial charge in [0.15, 0.2) is 0 Å². The molecule has 1 fully saturated rings. The molecule has 2 heterocycles. The van der Waals surface area contributed by atoms with Gasteiger partial charge in [-0.3, -0.25) is 9.59 Å². The molecule has 8 heteroatoms. The van der Waals surface area contributed by atoms with E-state index in [2.05, 4.69) is 10.2 Å². The molecule has 4 rings (SSSR count). The summed E-state index contributed by atoms with van der Waals surface area (Å²) in [6, 6.07) is 15.1. The molecule has 2 atom stereocenters. The number of para-hydroxylation sites is 1. The van der Waals surface area contributed by atoms with Crippen LogP contribution in [0.3, 0.4) is 0 Å². The fraction of sp³-hybridized carbons (Fsp3) is 0.429. The van der Waals surface area contributed by atoms with Crippen LogP contribution in [0.5, 0.6) is 5.75 Å². The van der Waals surface area contributed by atoms with E-state index >= 15 is 0 Å². The van der Waals surface area contributed by atoms with Crippen molar-refractivity contribution in [2.45, 2.75) is 44.9 Å². The van der Waals surface area contributed by atoms with Crippen LogP contribution in [0.2, 0.25) is 0 Å². The van der Waals surface area contributed by atoms with Crippen LogP contribution in [0.15, 0.2) is 59.4 Å². The second kappa shape index (κ2) is 11.7. The standard InChI is InChI=1S/C28H34FN3O4/c1-19(2)32-25-8-5-4-7-20(25)17-23(28(32)34)27(33)30-24-13-15-31(18-26(24)35-3)14-6-16-36-22-11-9-21(29)10-12-22/h4-5,7-12,17,19,24,26H,6,13-16,18H2,1-3H3,(H,30,33). The third kappa shape index (κ3) is 5.94. The number of nitrogens with one attached hydrogen (secondary N) is 1. The molecular formula is C28H34FN3O4. The summed E-state index contributed by atoms with van der Waals surface area (Å²) < 4.78 is 26.1. The van der Waals surface area contributed by atoms with E-state index in [1.54, 1.807) is 29.9 Å². The number of piperidine rings is 1. The highest BCUT2D eigenvalue weighted by molar-refractivity contribution is 5.97. The van der Waals surface area contributed by atoms with Crippen LogP contribution in [0, 0.1) is 5.82 Å². The van der Waals surface area contributed by atoms with Gasteiger partial charge >= 0.3 is 0 Å². The molecule has 36 heavy (non-hydrogen) atoms. The van der Waals surface area contributed by atoms with Crippen molar-refractivity contribution < 1.29 is 18.7 Å². The van der Waals surface area contributed by atoms with Crippen molar-refractivity contribution in [3.8, 4) is 5.75 Å². The highest BCUT2D eigenvalue weighted by Crippen LogP contribution is 2.19.